The molecule has 0 aliphatic carbocycles. The lowest BCUT2D eigenvalue weighted by Gasteiger charge is -2.31. The average Bonchev–Trinajstić information content (AvgIpc) is 3.52. The van der Waals surface area contributed by atoms with Crippen LogP contribution in [0.2, 0.25) is 0 Å². The minimum absolute atomic E-state index is 0.0118. The monoisotopic (exact) mass is 558 g/mol. The van der Waals surface area contributed by atoms with Crippen molar-refractivity contribution >= 4 is 27.5 Å². The number of alkyl halides is 1. The van der Waals surface area contributed by atoms with E-state index >= 15 is 4.39 Å². The number of benzene rings is 2. The molecule has 7 rings (SSSR count). The molecule has 5 heterocycles. The number of aromatic nitrogens is 3. The van der Waals surface area contributed by atoms with Crippen LogP contribution in [0.25, 0.3) is 32.9 Å². The summed E-state index contributed by atoms with van der Waals surface area (Å²) in [5.74, 6) is 1.99. The standard InChI is InChI=1S/C31H29F3N6O/c1-2-19-5-3-6-21-24(33)8-7-22(25(19)21)27-26(34)28-23(16-36-27)29(39-13-10-35-11-14-39)38-30(37-28)41-18-31-9-4-12-40(31)17-20(32)15-31/h1,3,5-8,16,20,35H,4,9-15,17-18H2/t20?,31-/m0/s1. The zero-order chi connectivity index (χ0) is 28.1. The molecular formula is C31H29F3N6O. The van der Waals surface area contributed by atoms with Crippen LogP contribution in [-0.4, -0.2) is 77.4 Å². The Morgan fingerprint density at radius 1 is 1.10 bits per heavy atom. The van der Waals surface area contributed by atoms with Crippen molar-refractivity contribution in [2.75, 3.05) is 50.8 Å². The highest BCUT2D eigenvalue weighted by Gasteiger charge is 2.49. The van der Waals surface area contributed by atoms with E-state index in [0.717, 1.165) is 32.5 Å². The van der Waals surface area contributed by atoms with Crippen molar-refractivity contribution in [3.63, 3.8) is 0 Å². The summed E-state index contributed by atoms with van der Waals surface area (Å²) >= 11 is 0. The Kier molecular flexibility index (Phi) is 6.44. The Morgan fingerprint density at radius 3 is 2.78 bits per heavy atom. The number of anilines is 1. The molecule has 3 fully saturated rings. The second kappa shape index (κ2) is 10.2. The fourth-order valence-corrected chi connectivity index (χ4v) is 6.73. The number of piperazine rings is 1. The van der Waals surface area contributed by atoms with Gasteiger partial charge in [-0.2, -0.15) is 9.97 Å². The molecule has 4 aromatic rings. The quantitative estimate of drug-likeness (QED) is 0.363. The predicted molar refractivity (Wildman–Crippen MR) is 152 cm³/mol. The van der Waals surface area contributed by atoms with Gasteiger partial charge in [-0.3, -0.25) is 9.88 Å². The number of pyridine rings is 1. The van der Waals surface area contributed by atoms with Gasteiger partial charge < -0.3 is 15.0 Å². The molecule has 0 radical (unpaired) electrons. The molecule has 7 nitrogen and oxygen atoms in total. The molecule has 3 aliphatic heterocycles. The Bertz CT molecular complexity index is 1700. The topological polar surface area (TPSA) is 66.4 Å². The van der Waals surface area contributed by atoms with Crippen molar-refractivity contribution in [3.8, 4) is 29.6 Å². The molecule has 1 N–H and O–H groups in total. The lowest BCUT2D eigenvalue weighted by Crippen LogP contribution is -2.44. The SMILES string of the molecule is C#Cc1cccc2c(F)ccc(-c3ncc4c(N5CCNCC5)nc(OC[C@@]56CCCN5CC(F)C6)nc4c3F)c12. The number of hydrogen-bond acceptors (Lipinski definition) is 7. The number of terminal acetylenes is 1. The van der Waals surface area contributed by atoms with E-state index in [1.807, 2.05) is 0 Å². The lowest BCUT2D eigenvalue weighted by atomic mass is 9.95. The summed E-state index contributed by atoms with van der Waals surface area (Å²) in [6.45, 7) is 4.32. The first kappa shape index (κ1) is 26.0. The van der Waals surface area contributed by atoms with Gasteiger partial charge in [0.25, 0.3) is 0 Å². The van der Waals surface area contributed by atoms with Crippen LogP contribution in [0.4, 0.5) is 19.0 Å². The number of halogens is 3. The van der Waals surface area contributed by atoms with E-state index in [4.69, 9.17) is 16.1 Å². The van der Waals surface area contributed by atoms with E-state index in [1.165, 1.54) is 12.1 Å². The van der Waals surface area contributed by atoms with E-state index in [-0.39, 0.29) is 29.2 Å². The van der Waals surface area contributed by atoms with Crippen molar-refractivity contribution in [1.29, 1.82) is 0 Å². The summed E-state index contributed by atoms with van der Waals surface area (Å²) in [7, 11) is 0. The summed E-state index contributed by atoms with van der Waals surface area (Å²) in [6.07, 6.45) is 8.63. The zero-order valence-electron chi connectivity index (χ0n) is 22.5. The fraction of sp³-hybridized carbons (Fsp3) is 0.387. The largest absolute Gasteiger partial charge is 0.461 e. The molecule has 1 unspecified atom stereocenters. The van der Waals surface area contributed by atoms with Gasteiger partial charge >= 0.3 is 6.01 Å². The van der Waals surface area contributed by atoms with E-state index in [9.17, 15) is 8.78 Å². The van der Waals surface area contributed by atoms with Gasteiger partial charge in [0.2, 0.25) is 0 Å². The number of nitrogens with zero attached hydrogens (tertiary/aromatic N) is 5. The van der Waals surface area contributed by atoms with Crippen LogP contribution in [-0.2, 0) is 0 Å². The molecule has 0 saturated carbocycles. The van der Waals surface area contributed by atoms with Crippen LogP contribution in [0.15, 0.2) is 36.5 Å². The molecule has 0 spiro atoms. The van der Waals surface area contributed by atoms with Crippen LogP contribution in [0.5, 0.6) is 6.01 Å². The maximum Gasteiger partial charge on any atom is 0.319 e. The Morgan fingerprint density at radius 2 is 1.95 bits per heavy atom. The van der Waals surface area contributed by atoms with E-state index in [0.29, 0.717) is 53.8 Å². The summed E-state index contributed by atoms with van der Waals surface area (Å²) < 4.78 is 51.8. The fourth-order valence-electron chi connectivity index (χ4n) is 6.73. The summed E-state index contributed by atoms with van der Waals surface area (Å²) in [4.78, 5) is 18.0. The normalized spacial score (nSPS) is 22.8. The molecule has 41 heavy (non-hydrogen) atoms. The molecule has 0 amide bonds. The smallest absolute Gasteiger partial charge is 0.319 e. The Labute approximate surface area is 235 Å². The molecule has 2 aromatic carbocycles. The molecule has 0 bridgehead atoms. The third-order valence-corrected chi connectivity index (χ3v) is 8.69. The van der Waals surface area contributed by atoms with Gasteiger partial charge in [0, 0.05) is 67.2 Å². The summed E-state index contributed by atoms with van der Waals surface area (Å²) in [5.41, 5.74) is 0.486. The van der Waals surface area contributed by atoms with Crippen LogP contribution >= 0.6 is 0 Å². The highest BCUT2D eigenvalue weighted by atomic mass is 19.1. The van der Waals surface area contributed by atoms with Gasteiger partial charge in [-0.15, -0.1) is 6.42 Å². The van der Waals surface area contributed by atoms with E-state index < -0.39 is 23.3 Å². The van der Waals surface area contributed by atoms with Gasteiger partial charge in [0.1, 0.15) is 35.6 Å². The van der Waals surface area contributed by atoms with Crippen molar-refractivity contribution in [2.24, 2.45) is 0 Å². The van der Waals surface area contributed by atoms with Crippen molar-refractivity contribution < 1.29 is 17.9 Å². The Balaban J connectivity index is 1.36. The molecule has 210 valence electrons. The van der Waals surface area contributed by atoms with Gasteiger partial charge in [0.05, 0.1) is 10.9 Å². The first-order valence-electron chi connectivity index (χ1n) is 14.0. The first-order chi connectivity index (χ1) is 20.0. The van der Waals surface area contributed by atoms with Crippen LogP contribution < -0.4 is 15.0 Å². The zero-order valence-corrected chi connectivity index (χ0v) is 22.5. The van der Waals surface area contributed by atoms with Gasteiger partial charge in [-0.05, 0) is 37.6 Å². The van der Waals surface area contributed by atoms with Crippen molar-refractivity contribution in [3.05, 3.63) is 53.7 Å². The maximum atomic E-state index is 16.5. The molecule has 3 aliphatic rings. The van der Waals surface area contributed by atoms with Gasteiger partial charge in [0.15, 0.2) is 5.82 Å². The van der Waals surface area contributed by atoms with Gasteiger partial charge in [-0.25, -0.2) is 13.2 Å². The van der Waals surface area contributed by atoms with Crippen LogP contribution in [0.1, 0.15) is 24.8 Å². The summed E-state index contributed by atoms with van der Waals surface area (Å²) in [5, 5.41) is 4.47. The van der Waals surface area contributed by atoms with Crippen molar-refractivity contribution in [1.82, 2.24) is 25.2 Å². The highest BCUT2D eigenvalue weighted by molar-refractivity contribution is 6.02. The molecule has 2 aromatic heterocycles. The Hall–Kier alpha value is -3.94. The second-order valence-electron chi connectivity index (χ2n) is 11.1. The van der Waals surface area contributed by atoms with Crippen LogP contribution in [0.3, 0.4) is 0 Å². The lowest BCUT2D eigenvalue weighted by molar-refractivity contribution is 0.107. The average molecular weight is 559 g/mol. The maximum absolute atomic E-state index is 16.5. The van der Waals surface area contributed by atoms with E-state index in [1.54, 1.807) is 24.4 Å². The first-order valence-corrected chi connectivity index (χ1v) is 14.0. The van der Waals surface area contributed by atoms with Crippen molar-refractivity contribution in [2.45, 2.75) is 31.0 Å². The minimum atomic E-state index is -0.891. The third-order valence-electron chi connectivity index (χ3n) is 8.69. The number of nitrogens with one attached hydrogen (secondary N) is 1. The molecule has 2 atom stereocenters. The third kappa shape index (κ3) is 4.35. The van der Waals surface area contributed by atoms with Gasteiger partial charge in [-0.1, -0.05) is 18.1 Å². The highest BCUT2D eigenvalue weighted by Crippen LogP contribution is 2.41. The van der Waals surface area contributed by atoms with E-state index in [2.05, 4.69) is 31.0 Å². The number of hydrogen-bond donors (Lipinski definition) is 1. The predicted octanol–water partition coefficient (Wildman–Crippen LogP) is 4.47. The molecular weight excluding hydrogens is 529 g/mol. The van der Waals surface area contributed by atoms with Crippen LogP contribution in [0, 0.1) is 24.0 Å². The number of fused-ring (bicyclic) bond motifs is 3. The molecule has 10 heteroatoms. The summed E-state index contributed by atoms with van der Waals surface area (Å²) in [6, 6.07) is 7.80. The second-order valence-corrected chi connectivity index (χ2v) is 11.1. The number of ether oxygens (including phenoxy) is 1. The minimum Gasteiger partial charge on any atom is -0.461 e. The molecule has 3 saturated heterocycles. The number of rotatable bonds is 5.